The molecule has 0 radical (unpaired) electrons. The first-order valence-electron chi connectivity index (χ1n) is 8.95. The number of piperazine rings is 1. The van der Waals surface area contributed by atoms with Crippen molar-refractivity contribution in [1.29, 1.82) is 0 Å². The Hall–Kier alpha value is -2.48. The number of hydrogen-bond donors (Lipinski definition) is 1. The Morgan fingerprint density at radius 3 is 3.08 bits per heavy atom. The van der Waals surface area contributed by atoms with Crippen molar-refractivity contribution >= 4 is 23.0 Å². The van der Waals surface area contributed by atoms with Crippen molar-refractivity contribution < 1.29 is 14.3 Å². The Kier molecular flexibility index (Phi) is 5.82. The number of pyridine rings is 1. The first kappa shape index (κ1) is 18.3. The lowest BCUT2D eigenvalue weighted by atomic mass is 10.2. The van der Waals surface area contributed by atoms with E-state index in [1.54, 1.807) is 18.2 Å². The molecular weight excluding hydrogens is 334 g/mol. The van der Waals surface area contributed by atoms with Crippen LogP contribution >= 0.6 is 0 Å². The van der Waals surface area contributed by atoms with Gasteiger partial charge in [-0.3, -0.25) is 9.59 Å². The van der Waals surface area contributed by atoms with Gasteiger partial charge in [0.25, 0.3) is 0 Å². The number of aromatic nitrogens is 3. The molecule has 1 fully saturated rings. The Bertz CT molecular complexity index is 788. The number of imidazole rings is 1. The summed E-state index contributed by atoms with van der Waals surface area (Å²) in [5.74, 6) is 0.837. The highest BCUT2D eigenvalue weighted by molar-refractivity contribution is 5.85. The maximum Gasteiger partial charge on any atom is 0.239 e. The van der Waals surface area contributed by atoms with Gasteiger partial charge in [0.1, 0.15) is 11.3 Å². The Morgan fingerprint density at radius 2 is 2.31 bits per heavy atom. The summed E-state index contributed by atoms with van der Waals surface area (Å²) in [6.07, 6.45) is 3.52. The van der Waals surface area contributed by atoms with Crippen LogP contribution < -0.4 is 5.32 Å². The topological polar surface area (TPSA) is 89.4 Å². The summed E-state index contributed by atoms with van der Waals surface area (Å²) in [5, 5.41) is 2.73. The van der Waals surface area contributed by atoms with Crippen LogP contribution in [0.5, 0.6) is 0 Å². The Labute approximate surface area is 152 Å². The molecule has 8 nitrogen and oxygen atoms in total. The monoisotopic (exact) mass is 359 g/mol. The molecule has 1 aliphatic rings. The van der Waals surface area contributed by atoms with Crippen molar-refractivity contribution in [3.63, 3.8) is 0 Å². The fourth-order valence-corrected chi connectivity index (χ4v) is 3.34. The van der Waals surface area contributed by atoms with Gasteiger partial charge in [-0.1, -0.05) is 0 Å². The summed E-state index contributed by atoms with van der Waals surface area (Å²) in [4.78, 5) is 34.5. The largest absolute Gasteiger partial charge is 0.383 e. The molecule has 140 valence electrons. The molecule has 2 amide bonds. The van der Waals surface area contributed by atoms with Gasteiger partial charge in [0.15, 0.2) is 5.65 Å². The number of carbonyl (C=O) groups excluding carboxylic acids is 2. The zero-order valence-corrected chi connectivity index (χ0v) is 15.3. The number of carbonyl (C=O) groups is 2. The van der Waals surface area contributed by atoms with Crippen LogP contribution in [0.4, 0.5) is 0 Å². The highest BCUT2D eigenvalue weighted by Gasteiger charge is 2.21. The lowest BCUT2D eigenvalue weighted by Gasteiger charge is -2.26. The molecule has 0 spiro atoms. The average Bonchev–Trinajstić information content (AvgIpc) is 3.00. The predicted molar refractivity (Wildman–Crippen MR) is 96.6 cm³/mol. The summed E-state index contributed by atoms with van der Waals surface area (Å²) in [6, 6.07) is 3.92. The highest BCUT2D eigenvalue weighted by Crippen LogP contribution is 2.21. The van der Waals surface area contributed by atoms with Gasteiger partial charge in [0, 0.05) is 39.2 Å². The molecule has 0 bridgehead atoms. The second-order valence-electron chi connectivity index (χ2n) is 6.57. The molecule has 1 N–H and O–H groups in total. The molecule has 2 aromatic rings. The molecule has 0 aliphatic carbocycles. The van der Waals surface area contributed by atoms with Crippen LogP contribution in [-0.4, -0.2) is 64.6 Å². The Balaban J connectivity index is 1.67. The molecule has 0 aromatic carbocycles. The molecule has 1 atom stereocenters. The van der Waals surface area contributed by atoms with Crippen LogP contribution in [0.2, 0.25) is 0 Å². The number of fused-ring (bicyclic) bond motifs is 1. The quantitative estimate of drug-likeness (QED) is 0.794. The highest BCUT2D eigenvalue weighted by atomic mass is 16.5. The number of nitrogens with one attached hydrogen (secondary N) is 1. The minimum absolute atomic E-state index is 0.0191. The van der Waals surface area contributed by atoms with Gasteiger partial charge in [-0.15, -0.1) is 0 Å². The number of ether oxygens (including phenoxy) is 1. The summed E-state index contributed by atoms with van der Waals surface area (Å²) < 4.78 is 7.38. The number of amides is 2. The summed E-state index contributed by atoms with van der Waals surface area (Å²) in [6.45, 7) is 3.90. The van der Waals surface area contributed by atoms with E-state index in [-0.39, 0.29) is 24.4 Å². The van der Waals surface area contributed by atoms with Crippen LogP contribution in [0.15, 0.2) is 18.3 Å². The minimum atomic E-state index is -0.0918. The zero-order chi connectivity index (χ0) is 18.5. The predicted octanol–water partition coefficient (Wildman–Crippen LogP) is 0.920. The fraction of sp³-hybridized carbons (Fsp3) is 0.556. The van der Waals surface area contributed by atoms with Gasteiger partial charge >= 0.3 is 0 Å². The number of hydrogen-bond acceptors (Lipinski definition) is 5. The molecule has 1 unspecified atom stereocenters. The average molecular weight is 359 g/mol. The third-order valence-corrected chi connectivity index (χ3v) is 4.55. The molecule has 0 saturated carbocycles. The molecule has 2 aromatic heterocycles. The lowest BCUT2D eigenvalue weighted by Crippen LogP contribution is -2.49. The number of methoxy groups -OCH3 is 1. The van der Waals surface area contributed by atoms with Crippen molar-refractivity contribution in [2.75, 3.05) is 33.4 Å². The van der Waals surface area contributed by atoms with E-state index >= 15 is 0 Å². The van der Waals surface area contributed by atoms with Gasteiger partial charge in [0.05, 0.1) is 19.2 Å². The van der Waals surface area contributed by atoms with Crippen molar-refractivity contribution in [1.82, 2.24) is 24.8 Å². The summed E-state index contributed by atoms with van der Waals surface area (Å²) in [7, 11) is 1.68. The van der Waals surface area contributed by atoms with Gasteiger partial charge in [-0.25, -0.2) is 9.97 Å². The maximum absolute atomic E-state index is 12.3. The second kappa shape index (κ2) is 8.27. The van der Waals surface area contributed by atoms with Crippen LogP contribution in [-0.2, 0) is 20.7 Å². The van der Waals surface area contributed by atoms with Crippen LogP contribution in [0.3, 0.4) is 0 Å². The third-order valence-electron chi connectivity index (χ3n) is 4.55. The third kappa shape index (κ3) is 4.01. The standard InChI is InChI=1S/C18H25N5O3/c1-13(12-26-2)23-15(21-14-5-4-8-20-18(14)23)6-3-7-17(25)22-10-9-19-16(24)11-22/h4-5,8,13H,3,6-7,9-12H2,1-2H3,(H,19,24). The molecule has 1 aliphatic heterocycles. The smallest absolute Gasteiger partial charge is 0.239 e. The normalized spacial score (nSPS) is 15.9. The van der Waals surface area contributed by atoms with E-state index < -0.39 is 0 Å². The lowest BCUT2D eigenvalue weighted by molar-refractivity contribution is -0.138. The van der Waals surface area contributed by atoms with Crippen molar-refractivity contribution in [2.24, 2.45) is 0 Å². The maximum atomic E-state index is 12.3. The van der Waals surface area contributed by atoms with Crippen LogP contribution in [0.1, 0.15) is 31.6 Å². The number of rotatable bonds is 7. The molecule has 3 heterocycles. The van der Waals surface area contributed by atoms with E-state index in [9.17, 15) is 9.59 Å². The molecule has 3 rings (SSSR count). The zero-order valence-electron chi connectivity index (χ0n) is 15.3. The number of nitrogens with zero attached hydrogens (tertiary/aromatic N) is 4. The van der Waals surface area contributed by atoms with E-state index in [1.807, 2.05) is 12.1 Å². The molecule has 1 saturated heterocycles. The fourth-order valence-electron chi connectivity index (χ4n) is 3.34. The number of aryl methyl sites for hydroxylation is 1. The molecular formula is C18H25N5O3. The molecule has 8 heteroatoms. The van der Waals surface area contributed by atoms with Gasteiger partial charge in [0.2, 0.25) is 11.8 Å². The van der Waals surface area contributed by atoms with Crippen molar-refractivity contribution in [3.8, 4) is 0 Å². The van der Waals surface area contributed by atoms with E-state index in [1.165, 1.54) is 0 Å². The Morgan fingerprint density at radius 1 is 1.46 bits per heavy atom. The second-order valence-corrected chi connectivity index (χ2v) is 6.57. The van der Waals surface area contributed by atoms with E-state index in [2.05, 4.69) is 21.8 Å². The first-order chi connectivity index (χ1) is 12.6. The van der Waals surface area contributed by atoms with Gasteiger partial charge in [-0.2, -0.15) is 0 Å². The van der Waals surface area contributed by atoms with Gasteiger partial charge < -0.3 is 19.5 Å². The van der Waals surface area contributed by atoms with E-state index in [0.29, 0.717) is 39.0 Å². The van der Waals surface area contributed by atoms with Gasteiger partial charge in [-0.05, 0) is 25.5 Å². The van der Waals surface area contributed by atoms with Crippen molar-refractivity contribution in [3.05, 3.63) is 24.2 Å². The molecule has 26 heavy (non-hydrogen) atoms. The van der Waals surface area contributed by atoms with Crippen molar-refractivity contribution in [2.45, 2.75) is 32.2 Å². The van der Waals surface area contributed by atoms with E-state index in [4.69, 9.17) is 9.72 Å². The van der Waals surface area contributed by atoms with Crippen LogP contribution in [0.25, 0.3) is 11.2 Å². The summed E-state index contributed by atoms with van der Waals surface area (Å²) in [5.41, 5.74) is 1.69. The summed E-state index contributed by atoms with van der Waals surface area (Å²) >= 11 is 0. The first-order valence-corrected chi connectivity index (χ1v) is 8.95. The SMILES string of the molecule is COCC(C)n1c(CCCC(=O)N2CCNC(=O)C2)nc2cccnc21. The minimum Gasteiger partial charge on any atom is -0.383 e. The van der Waals surface area contributed by atoms with E-state index in [0.717, 1.165) is 17.0 Å². The van der Waals surface area contributed by atoms with Crippen LogP contribution in [0, 0.1) is 0 Å².